The van der Waals surface area contributed by atoms with Gasteiger partial charge in [0.25, 0.3) is 0 Å². The number of benzene rings is 1. The highest BCUT2D eigenvalue weighted by molar-refractivity contribution is 7.32. The number of methoxy groups -OCH3 is 1. The molecule has 0 fully saturated rings. The molecule has 6 heteroatoms. The average molecular weight is 219 g/mol. The van der Waals surface area contributed by atoms with E-state index in [-0.39, 0.29) is 12.4 Å². The van der Waals surface area contributed by atoms with Crippen molar-refractivity contribution >= 4 is 8.25 Å². The Morgan fingerprint density at radius 1 is 1.57 bits per heavy atom. The molecule has 1 aromatic carbocycles. The Morgan fingerprint density at radius 2 is 2.29 bits per heavy atom. The Kier molecular flexibility index (Phi) is 3.95. The molecule has 0 aliphatic heterocycles. The van der Waals surface area contributed by atoms with Crippen LogP contribution in [0.25, 0.3) is 0 Å². The Balaban J connectivity index is 2.71. The molecule has 1 N–H and O–H groups in total. The Labute approximate surface area is 81.2 Å². The summed E-state index contributed by atoms with van der Waals surface area (Å²) in [7, 11) is -1.29. The fourth-order valence-electron chi connectivity index (χ4n) is 0.929. The molecule has 1 atom stereocenters. The summed E-state index contributed by atoms with van der Waals surface area (Å²) in [5, 5.41) is 0. The summed E-state index contributed by atoms with van der Waals surface area (Å²) in [4.78, 5) is 8.35. The van der Waals surface area contributed by atoms with Gasteiger partial charge in [0.15, 0.2) is 11.6 Å². The van der Waals surface area contributed by atoms with Crippen molar-refractivity contribution in [2.45, 2.75) is 6.61 Å². The van der Waals surface area contributed by atoms with Crippen LogP contribution in [0.4, 0.5) is 4.39 Å². The van der Waals surface area contributed by atoms with Crippen LogP contribution in [0, 0.1) is 5.82 Å². The van der Waals surface area contributed by atoms with Gasteiger partial charge < -0.3 is 4.74 Å². The molecule has 0 aromatic heterocycles. The molecule has 0 spiro atoms. The lowest BCUT2D eigenvalue weighted by Crippen LogP contribution is -1.91. The molecule has 0 saturated heterocycles. The van der Waals surface area contributed by atoms with Gasteiger partial charge in [-0.2, -0.15) is 0 Å². The molecule has 0 saturated carbocycles. The van der Waals surface area contributed by atoms with Gasteiger partial charge in [-0.15, -0.1) is 9.42 Å². The average Bonchev–Trinajstić information content (AvgIpc) is 2.15. The lowest BCUT2D eigenvalue weighted by molar-refractivity contribution is 0.271. The lowest BCUT2D eigenvalue weighted by atomic mass is 10.2. The minimum atomic E-state index is -2.65. The predicted molar refractivity (Wildman–Crippen MR) is 47.6 cm³/mol. The molecular formula is C8H9FO4P+. The molecule has 0 heterocycles. The zero-order valence-corrected chi connectivity index (χ0v) is 8.33. The highest BCUT2D eigenvalue weighted by Crippen LogP contribution is 2.21. The van der Waals surface area contributed by atoms with E-state index in [9.17, 15) is 8.96 Å². The maximum Gasteiger partial charge on any atom is 0.695 e. The second-order valence-electron chi connectivity index (χ2n) is 2.48. The summed E-state index contributed by atoms with van der Waals surface area (Å²) >= 11 is 0. The van der Waals surface area contributed by atoms with E-state index in [2.05, 4.69) is 4.52 Å². The number of halogens is 1. The van der Waals surface area contributed by atoms with Crippen LogP contribution in [-0.2, 0) is 15.7 Å². The Hall–Kier alpha value is -1.03. The summed E-state index contributed by atoms with van der Waals surface area (Å²) in [6, 6.07) is 4.18. The van der Waals surface area contributed by atoms with Gasteiger partial charge in [0.2, 0.25) is 0 Å². The van der Waals surface area contributed by atoms with Crippen molar-refractivity contribution in [3.8, 4) is 5.75 Å². The molecule has 0 amide bonds. The minimum absolute atomic E-state index is 0.105. The first-order chi connectivity index (χ1) is 6.63. The quantitative estimate of drug-likeness (QED) is 0.787. The second kappa shape index (κ2) is 5.00. The number of rotatable bonds is 4. The molecule has 0 aliphatic rings. The van der Waals surface area contributed by atoms with Crippen molar-refractivity contribution in [3.63, 3.8) is 0 Å². The minimum Gasteiger partial charge on any atom is -0.494 e. The first-order valence-electron chi connectivity index (χ1n) is 3.75. The molecule has 1 rings (SSSR count). The molecule has 0 bridgehead atoms. The number of ether oxygens (including phenoxy) is 1. The third-order valence-corrected chi connectivity index (χ3v) is 1.91. The zero-order valence-electron chi connectivity index (χ0n) is 7.44. The summed E-state index contributed by atoms with van der Waals surface area (Å²) in [5.74, 6) is -0.399. The highest BCUT2D eigenvalue weighted by atomic mass is 31.1. The first kappa shape index (κ1) is 11.0. The molecule has 76 valence electrons. The SMILES string of the molecule is COc1ccc(CO[P+](=O)O)cc1F. The molecule has 4 nitrogen and oxygen atoms in total. The molecule has 1 aromatic rings. The zero-order chi connectivity index (χ0) is 10.6. The van der Waals surface area contributed by atoms with Crippen LogP contribution < -0.4 is 4.74 Å². The summed E-state index contributed by atoms with van der Waals surface area (Å²) in [6.07, 6.45) is 0. The van der Waals surface area contributed by atoms with Crippen LogP contribution >= 0.6 is 8.25 Å². The van der Waals surface area contributed by atoms with E-state index in [0.717, 1.165) is 0 Å². The normalized spacial score (nSPS) is 11.2. The van der Waals surface area contributed by atoms with Gasteiger partial charge in [-0.3, -0.25) is 0 Å². The van der Waals surface area contributed by atoms with Gasteiger partial charge in [-0.25, -0.2) is 4.39 Å². The van der Waals surface area contributed by atoms with E-state index < -0.39 is 14.1 Å². The van der Waals surface area contributed by atoms with Gasteiger partial charge in [0, 0.05) is 4.57 Å². The van der Waals surface area contributed by atoms with E-state index in [1.54, 1.807) is 6.07 Å². The predicted octanol–water partition coefficient (Wildman–Crippen LogP) is 2.00. The maximum absolute atomic E-state index is 13.1. The van der Waals surface area contributed by atoms with Crippen molar-refractivity contribution in [2.75, 3.05) is 7.11 Å². The van der Waals surface area contributed by atoms with Crippen molar-refractivity contribution in [3.05, 3.63) is 29.6 Å². The van der Waals surface area contributed by atoms with E-state index in [1.807, 2.05) is 0 Å². The van der Waals surface area contributed by atoms with E-state index in [4.69, 9.17) is 9.63 Å². The smallest absolute Gasteiger partial charge is 0.494 e. The van der Waals surface area contributed by atoms with E-state index in [0.29, 0.717) is 5.56 Å². The van der Waals surface area contributed by atoms with Gasteiger partial charge >= 0.3 is 8.25 Å². The van der Waals surface area contributed by atoms with Crippen molar-refractivity contribution < 1.29 is 23.1 Å². The van der Waals surface area contributed by atoms with Crippen LogP contribution in [0.15, 0.2) is 18.2 Å². The van der Waals surface area contributed by atoms with Gasteiger partial charge in [0.1, 0.15) is 6.61 Å². The molecule has 0 radical (unpaired) electrons. The van der Waals surface area contributed by atoms with Crippen LogP contribution in [0.1, 0.15) is 5.56 Å². The Morgan fingerprint density at radius 3 is 2.79 bits per heavy atom. The molecule has 1 unspecified atom stereocenters. The summed E-state index contributed by atoms with van der Waals surface area (Å²) in [6.45, 7) is -0.105. The van der Waals surface area contributed by atoms with Crippen LogP contribution in [0.5, 0.6) is 5.75 Å². The monoisotopic (exact) mass is 219 g/mol. The maximum atomic E-state index is 13.1. The van der Waals surface area contributed by atoms with Crippen LogP contribution in [-0.4, -0.2) is 12.0 Å². The van der Waals surface area contributed by atoms with Crippen LogP contribution in [0.2, 0.25) is 0 Å². The van der Waals surface area contributed by atoms with Crippen LogP contribution in [0.3, 0.4) is 0 Å². The third-order valence-electron chi connectivity index (χ3n) is 1.56. The number of hydrogen-bond donors (Lipinski definition) is 1. The van der Waals surface area contributed by atoms with Gasteiger partial charge in [0.05, 0.1) is 7.11 Å². The first-order valence-corrected chi connectivity index (χ1v) is 4.88. The largest absolute Gasteiger partial charge is 0.695 e. The topological polar surface area (TPSA) is 55.8 Å². The highest BCUT2D eigenvalue weighted by Gasteiger charge is 2.12. The second-order valence-corrected chi connectivity index (χ2v) is 3.21. The standard InChI is InChI=1S/C8H8FO4P/c1-12-8-3-2-6(4-7(8)9)5-13-14(10)11/h2-4H,5H2,1H3/p+1. The van der Waals surface area contributed by atoms with Crippen molar-refractivity contribution in [1.82, 2.24) is 0 Å². The fraction of sp³-hybridized carbons (Fsp3) is 0.250. The Bertz CT molecular complexity index is 342. The van der Waals surface area contributed by atoms with Gasteiger partial charge in [-0.05, 0) is 17.7 Å². The van der Waals surface area contributed by atoms with E-state index >= 15 is 0 Å². The molecule has 14 heavy (non-hydrogen) atoms. The molecular weight excluding hydrogens is 210 g/mol. The number of hydrogen-bond acceptors (Lipinski definition) is 3. The van der Waals surface area contributed by atoms with Crippen molar-refractivity contribution in [2.24, 2.45) is 0 Å². The third kappa shape index (κ3) is 3.03. The summed E-state index contributed by atoms with van der Waals surface area (Å²) < 4.78 is 32.4. The molecule has 0 aliphatic carbocycles. The van der Waals surface area contributed by atoms with Gasteiger partial charge in [-0.1, -0.05) is 6.07 Å². The lowest BCUT2D eigenvalue weighted by Gasteiger charge is -2.02. The van der Waals surface area contributed by atoms with Crippen molar-refractivity contribution in [1.29, 1.82) is 0 Å². The summed E-state index contributed by atoms with van der Waals surface area (Å²) in [5.41, 5.74) is 0.473. The fourth-order valence-corrected chi connectivity index (χ4v) is 1.19. The van der Waals surface area contributed by atoms with E-state index in [1.165, 1.54) is 19.2 Å².